The van der Waals surface area contributed by atoms with E-state index in [2.05, 4.69) is 37.5 Å². The van der Waals surface area contributed by atoms with Crippen LogP contribution in [0.15, 0.2) is 51.1 Å². The summed E-state index contributed by atoms with van der Waals surface area (Å²) in [6.45, 7) is 5.51. The lowest BCUT2D eigenvalue weighted by Crippen LogP contribution is -2.27. The van der Waals surface area contributed by atoms with Gasteiger partial charge in [0.1, 0.15) is 5.60 Å². The number of rotatable bonds is 1. The molecule has 1 N–H and O–H groups in total. The first-order chi connectivity index (χ1) is 11.8. The Morgan fingerprint density at radius 3 is 2.28 bits per heavy atom. The molecule has 0 saturated heterocycles. The summed E-state index contributed by atoms with van der Waals surface area (Å²) in [6, 6.07) is 11.6. The summed E-state index contributed by atoms with van der Waals surface area (Å²) in [7, 11) is 0. The Labute approximate surface area is 155 Å². The molecule has 0 atom stereocenters. The van der Waals surface area contributed by atoms with Gasteiger partial charge in [-0.2, -0.15) is 10.2 Å². The third kappa shape index (κ3) is 4.66. The van der Waals surface area contributed by atoms with Gasteiger partial charge in [0, 0.05) is 10.2 Å². The number of nitrogens with one attached hydrogen (secondary N) is 1. The summed E-state index contributed by atoms with van der Waals surface area (Å²) in [6.07, 6.45) is 1.22. The van der Waals surface area contributed by atoms with Crippen molar-refractivity contribution in [3.63, 3.8) is 0 Å². The van der Waals surface area contributed by atoms with Crippen molar-refractivity contribution in [1.82, 2.24) is 0 Å². The number of carbonyl (C=O) groups is 1. The number of ether oxygens (including phenoxy) is 1. The van der Waals surface area contributed by atoms with E-state index < -0.39 is 11.7 Å². The highest BCUT2D eigenvalue weighted by molar-refractivity contribution is 9.10. The lowest BCUT2D eigenvalue weighted by Gasteiger charge is -2.20. The standard InChI is InChI=1S/C19H20BrN3O2/c1-19(2,3)25-18(24)21-15-7-9-17-13(11-15)5-4-12-10-14(20)6-8-16(12)22-23-17/h6-11H,4-5H2,1-3H3,(H,21,24). The predicted molar refractivity (Wildman–Crippen MR) is 102 cm³/mol. The molecule has 130 valence electrons. The highest BCUT2D eigenvalue weighted by Gasteiger charge is 2.17. The number of benzene rings is 2. The Hall–Kier alpha value is -2.21. The Bertz CT molecular complexity index is 841. The van der Waals surface area contributed by atoms with E-state index in [1.54, 1.807) is 0 Å². The number of nitrogens with zero attached hydrogens (tertiary/aromatic N) is 2. The fraction of sp³-hybridized carbons (Fsp3) is 0.316. The van der Waals surface area contributed by atoms with Crippen molar-refractivity contribution < 1.29 is 9.53 Å². The molecule has 1 aliphatic rings. The van der Waals surface area contributed by atoms with E-state index in [0.29, 0.717) is 5.69 Å². The van der Waals surface area contributed by atoms with Crippen molar-refractivity contribution >= 4 is 39.1 Å². The van der Waals surface area contributed by atoms with Crippen LogP contribution in [0, 0.1) is 0 Å². The molecule has 3 rings (SSSR count). The van der Waals surface area contributed by atoms with Crippen molar-refractivity contribution in [3.05, 3.63) is 52.0 Å². The summed E-state index contributed by atoms with van der Waals surface area (Å²) < 4.78 is 6.32. The molecule has 0 spiro atoms. The number of anilines is 1. The zero-order valence-corrected chi connectivity index (χ0v) is 16.1. The van der Waals surface area contributed by atoms with Crippen LogP contribution < -0.4 is 5.32 Å². The maximum Gasteiger partial charge on any atom is 0.412 e. The molecule has 0 unspecified atom stereocenters. The smallest absolute Gasteiger partial charge is 0.412 e. The number of azo groups is 1. The van der Waals surface area contributed by atoms with Crippen LogP contribution in [0.3, 0.4) is 0 Å². The molecule has 1 heterocycles. The Balaban J connectivity index is 1.82. The lowest BCUT2D eigenvalue weighted by atomic mass is 10.0. The number of carbonyl (C=O) groups excluding carboxylic acids is 1. The summed E-state index contributed by atoms with van der Waals surface area (Å²) in [5.74, 6) is 0. The summed E-state index contributed by atoms with van der Waals surface area (Å²) >= 11 is 3.50. The highest BCUT2D eigenvalue weighted by atomic mass is 79.9. The zero-order valence-electron chi connectivity index (χ0n) is 14.5. The highest BCUT2D eigenvalue weighted by Crippen LogP contribution is 2.33. The SMILES string of the molecule is CC(C)(C)OC(=O)Nc1ccc2c(c1)CCc1cc(Br)ccc1N=N2. The Morgan fingerprint density at radius 1 is 1.04 bits per heavy atom. The van der Waals surface area contributed by atoms with Crippen molar-refractivity contribution in [2.24, 2.45) is 10.2 Å². The van der Waals surface area contributed by atoms with Gasteiger partial charge in [-0.05, 0) is 81.1 Å². The normalized spacial score (nSPS) is 13.3. The van der Waals surface area contributed by atoms with E-state index in [4.69, 9.17) is 4.74 Å². The molecule has 0 aliphatic carbocycles. The molecule has 6 heteroatoms. The van der Waals surface area contributed by atoms with Crippen molar-refractivity contribution in [2.75, 3.05) is 5.32 Å². The first-order valence-electron chi connectivity index (χ1n) is 8.13. The van der Waals surface area contributed by atoms with Crippen molar-refractivity contribution in [3.8, 4) is 0 Å². The minimum atomic E-state index is -0.529. The van der Waals surface area contributed by atoms with E-state index in [1.807, 2.05) is 51.1 Å². The molecular weight excluding hydrogens is 382 g/mol. The van der Waals surface area contributed by atoms with Crippen LogP contribution in [-0.2, 0) is 17.6 Å². The fourth-order valence-electron chi connectivity index (χ4n) is 2.61. The van der Waals surface area contributed by atoms with E-state index in [9.17, 15) is 4.79 Å². The average molecular weight is 402 g/mol. The molecule has 0 fully saturated rings. The molecule has 0 bridgehead atoms. The van der Waals surface area contributed by atoms with Gasteiger partial charge >= 0.3 is 6.09 Å². The third-order valence-electron chi connectivity index (χ3n) is 3.70. The number of hydrogen-bond acceptors (Lipinski definition) is 4. The van der Waals surface area contributed by atoms with Gasteiger partial charge in [-0.25, -0.2) is 4.79 Å². The quantitative estimate of drug-likeness (QED) is 0.608. The van der Waals surface area contributed by atoms with Crippen LogP contribution in [0.5, 0.6) is 0 Å². The minimum Gasteiger partial charge on any atom is -0.444 e. The molecule has 0 aromatic heterocycles. The van der Waals surface area contributed by atoms with E-state index >= 15 is 0 Å². The first-order valence-corrected chi connectivity index (χ1v) is 8.92. The number of amides is 1. The second-order valence-electron chi connectivity index (χ2n) is 6.94. The van der Waals surface area contributed by atoms with Crippen molar-refractivity contribution in [1.29, 1.82) is 0 Å². The molecule has 25 heavy (non-hydrogen) atoms. The van der Waals surface area contributed by atoms with Crippen LogP contribution in [-0.4, -0.2) is 11.7 Å². The van der Waals surface area contributed by atoms with Crippen molar-refractivity contribution in [2.45, 2.75) is 39.2 Å². The van der Waals surface area contributed by atoms with Crippen LogP contribution in [0.4, 0.5) is 21.9 Å². The summed E-state index contributed by atoms with van der Waals surface area (Å²) in [4.78, 5) is 11.9. The van der Waals surface area contributed by atoms with Gasteiger partial charge in [-0.3, -0.25) is 5.32 Å². The summed E-state index contributed by atoms with van der Waals surface area (Å²) in [5, 5.41) is 11.5. The third-order valence-corrected chi connectivity index (χ3v) is 4.19. The first kappa shape index (κ1) is 17.6. The van der Waals surface area contributed by atoms with Gasteiger partial charge in [0.25, 0.3) is 0 Å². The Morgan fingerprint density at radius 2 is 1.64 bits per heavy atom. The van der Waals surface area contributed by atoms with Gasteiger partial charge in [0.15, 0.2) is 0 Å². The van der Waals surface area contributed by atoms with E-state index in [0.717, 1.165) is 39.8 Å². The van der Waals surface area contributed by atoms with Gasteiger partial charge in [-0.1, -0.05) is 15.9 Å². The van der Waals surface area contributed by atoms with E-state index in [-0.39, 0.29) is 0 Å². The maximum absolute atomic E-state index is 11.9. The topological polar surface area (TPSA) is 63.0 Å². The number of aryl methyl sites for hydroxylation is 2. The number of fused-ring (bicyclic) bond motifs is 2. The molecule has 2 aromatic carbocycles. The molecular formula is C19H20BrN3O2. The molecule has 5 nitrogen and oxygen atoms in total. The van der Waals surface area contributed by atoms with Gasteiger partial charge in [0.2, 0.25) is 0 Å². The minimum absolute atomic E-state index is 0.464. The largest absolute Gasteiger partial charge is 0.444 e. The molecule has 1 amide bonds. The Kier molecular flexibility index (Phi) is 4.90. The zero-order chi connectivity index (χ0) is 18.0. The molecule has 0 saturated carbocycles. The molecule has 1 aliphatic heterocycles. The lowest BCUT2D eigenvalue weighted by molar-refractivity contribution is 0.0636. The van der Waals surface area contributed by atoms with Gasteiger partial charge < -0.3 is 4.74 Å². The van der Waals surface area contributed by atoms with Crippen LogP contribution >= 0.6 is 15.9 Å². The second-order valence-corrected chi connectivity index (χ2v) is 7.86. The monoisotopic (exact) mass is 401 g/mol. The second kappa shape index (κ2) is 6.96. The van der Waals surface area contributed by atoms with Crippen LogP contribution in [0.1, 0.15) is 31.9 Å². The van der Waals surface area contributed by atoms with Crippen LogP contribution in [0.25, 0.3) is 0 Å². The molecule has 2 aromatic rings. The van der Waals surface area contributed by atoms with Crippen LogP contribution in [0.2, 0.25) is 0 Å². The van der Waals surface area contributed by atoms with Gasteiger partial charge in [-0.15, -0.1) is 0 Å². The van der Waals surface area contributed by atoms with Gasteiger partial charge in [0.05, 0.1) is 11.4 Å². The average Bonchev–Trinajstić information content (AvgIpc) is 2.49. The summed E-state index contributed by atoms with van der Waals surface area (Å²) in [5.41, 5.74) is 4.07. The number of hydrogen-bond donors (Lipinski definition) is 1. The maximum atomic E-state index is 11.9. The number of halogens is 1. The predicted octanol–water partition coefficient (Wildman–Crippen LogP) is 6.31. The fourth-order valence-corrected chi connectivity index (χ4v) is 3.02. The van der Waals surface area contributed by atoms with E-state index in [1.165, 1.54) is 0 Å². The molecule has 0 radical (unpaired) electrons.